The molecule has 10 heteroatoms. The molecule has 1 unspecified atom stereocenters. The third-order valence-electron chi connectivity index (χ3n) is 5.29. The van der Waals surface area contributed by atoms with E-state index in [-0.39, 0.29) is 34.2 Å². The second kappa shape index (κ2) is 6.93. The van der Waals surface area contributed by atoms with E-state index in [1.54, 1.807) is 21.1 Å². The topological polar surface area (TPSA) is 111 Å². The normalized spacial score (nSPS) is 16.7. The van der Waals surface area contributed by atoms with Crippen molar-refractivity contribution < 1.29 is 9.26 Å². The Kier molecular flexibility index (Phi) is 4.34. The van der Waals surface area contributed by atoms with E-state index in [0.717, 1.165) is 12.8 Å². The highest BCUT2D eigenvalue weighted by Gasteiger charge is 2.27. The van der Waals surface area contributed by atoms with Crippen molar-refractivity contribution in [1.29, 1.82) is 5.26 Å². The number of ether oxygens (including phenoxy) is 1. The van der Waals surface area contributed by atoms with Gasteiger partial charge in [0.2, 0.25) is 5.82 Å². The first-order valence-corrected chi connectivity index (χ1v) is 9.98. The summed E-state index contributed by atoms with van der Waals surface area (Å²) < 4.78 is 14.2. The Morgan fingerprint density at radius 1 is 1.33 bits per heavy atom. The minimum atomic E-state index is -0.319. The predicted molar refractivity (Wildman–Crippen MR) is 108 cm³/mol. The maximum atomic E-state index is 13.5. The lowest BCUT2D eigenvalue weighted by atomic mass is 10.1. The highest BCUT2D eigenvalue weighted by molar-refractivity contribution is 6.32. The molecule has 1 fully saturated rings. The first-order valence-electron chi connectivity index (χ1n) is 9.60. The van der Waals surface area contributed by atoms with E-state index < -0.39 is 0 Å². The van der Waals surface area contributed by atoms with Crippen LogP contribution in [0.15, 0.2) is 27.8 Å². The maximum absolute atomic E-state index is 13.5. The summed E-state index contributed by atoms with van der Waals surface area (Å²) in [6.45, 7) is 4.41. The Balaban J connectivity index is 1.82. The number of nitriles is 1. The largest absolute Gasteiger partial charge is 0.370 e. The third-order valence-corrected chi connectivity index (χ3v) is 5.60. The molecule has 3 aromatic heterocycles. The fraction of sp³-hybridized carbons (Fsp3) is 0.350. The maximum Gasteiger partial charge on any atom is 0.279 e. The van der Waals surface area contributed by atoms with Crippen LogP contribution in [0.3, 0.4) is 0 Å². The van der Waals surface area contributed by atoms with Gasteiger partial charge in [0.25, 0.3) is 11.4 Å². The van der Waals surface area contributed by atoms with Crippen molar-refractivity contribution in [3.63, 3.8) is 0 Å². The highest BCUT2D eigenvalue weighted by Crippen LogP contribution is 2.31. The van der Waals surface area contributed by atoms with Crippen molar-refractivity contribution >= 4 is 28.2 Å². The molecule has 0 N–H and O–H groups in total. The molecule has 0 radical (unpaired) electrons. The van der Waals surface area contributed by atoms with Crippen molar-refractivity contribution in [3.8, 4) is 17.7 Å². The molecule has 4 aromatic rings. The number of aromatic nitrogens is 5. The van der Waals surface area contributed by atoms with Gasteiger partial charge in [0.15, 0.2) is 5.69 Å². The first kappa shape index (κ1) is 18.8. The van der Waals surface area contributed by atoms with Gasteiger partial charge in [0.05, 0.1) is 21.6 Å². The molecule has 0 amide bonds. The summed E-state index contributed by atoms with van der Waals surface area (Å²) in [5.41, 5.74) is 1.62. The summed E-state index contributed by atoms with van der Waals surface area (Å²) in [5, 5.41) is 14.0. The summed E-state index contributed by atoms with van der Waals surface area (Å²) in [6, 6.07) is 5.30. The van der Waals surface area contributed by atoms with Crippen molar-refractivity contribution in [2.24, 2.45) is 0 Å². The van der Waals surface area contributed by atoms with Crippen LogP contribution >= 0.6 is 11.6 Å². The average molecular weight is 425 g/mol. The molecule has 1 atom stereocenters. The third kappa shape index (κ3) is 2.65. The molecule has 152 valence electrons. The minimum Gasteiger partial charge on any atom is -0.370 e. The van der Waals surface area contributed by atoms with Crippen LogP contribution < -0.4 is 5.56 Å². The molecule has 1 saturated heterocycles. The van der Waals surface area contributed by atoms with Crippen LogP contribution in [0, 0.1) is 11.3 Å². The molecule has 9 nitrogen and oxygen atoms in total. The smallest absolute Gasteiger partial charge is 0.279 e. The molecule has 4 heterocycles. The van der Waals surface area contributed by atoms with Crippen LogP contribution in [0.4, 0.5) is 0 Å². The number of hydrogen-bond donors (Lipinski definition) is 0. The van der Waals surface area contributed by atoms with E-state index in [1.165, 1.54) is 6.33 Å². The number of benzene rings is 1. The zero-order chi connectivity index (χ0) is 21.0. The first-order chi connectivity index (χ1) is 14.5. The van der Waals surface area contributed by atoms with Gasteiger partial charge in [-0.2, -0.15) is 10.2 Å². The van der Waals surface area contributed by atoms with Gasteiger partial charge in [-0.1, -0.05) is 16.8 Å². The predicted octanol–water partition coefficient (Wildman–Crippen LogP) is 3.66. The standard InChI is InChI=1S/C20H17ClN6O3/c1-10(2)27-16-11(8-22)12(21)5-6-13(16)26-9-23-15(17(26)20(27)28)19-24-18(25-30-19)14-4-3-7-29-14/h5-6,9-10,14H,3-4,7H2,1-2H3. The van der Waals surface area contributed by atoms with Gasteiger partial charge in [-0.05, 0) is 38.8 Å². The monoisotopic (exact) mass is 424 g/mol. The van der Waals surface area contributed by atoms with Gasteiger partial charge in [-0.15, -0.1) is 0 Å². The minimum absolute atomic E-state index is 0.157. The fourth-order valence-corrected chi connectivity index (χ4v) is 4.14. The number of fused-ring (bicyclic) bond motifs is 3. The van der Waals surface area contributed by atoms with Crippen molar-refractivity contribution in [1.82, 2.24) is 24.1 Å². The lowest BCUT2D eigenvalue weighted by molar-refractivity contribution is 0.103. The van der Waals surface area contributed by atoms with Crippen LogP contribution in [0.5, 0.6) is 0 Å². The van der Waals surface area contributed by atoms with E-state index in [4.69, 9.17) is 20.9 Å². The van der Waals surface area contributed by atoms with Crippen molar-refractivity contribution in [2.45, 2.75) is 38.8 Å². The number of halogens is 1. The van der Waals surface area contributed by atoms with Crippen LogP contribution in [-0.2, 0) is 4.74 Å². The average Bonchev–Trinajstić information content (AvgIpc) is 3.46. The van der Waals surface area contributed by atoms with Gasteiger partial charge < -0.3 is 13.8 Å². The highest BCUT2D eigenvalue weighted by atomic mass is 35.5. The quantitative estimate of drug-likeness (QED) is 0.493. The molecule has 0 saturated carbocycles. The molecule has 5 rings (SSSR count). The molecular formula is C20H17ClN6O3. The molecule has 1 aromatic carbocycles. The number of nitrogens with zero attached hydrogens (tertiary/aromatic N) is 6. The van der Waals surface area contributed by atoms with E-state index in [2.05, 4.69) is 21.2 Å². The summed E-state index contributed by atoms with van der Waals surface area (Å²) in [6.07, 6.45) is 3.08. The Labute approximate surface area is 175 Å². The molecule has 0 spiro atoms. The van der Waals surface area contributed by atoms with E-state index in [1.807, 2.05) is 13.8 Å². The molecule has 0 aliphatic carbocycles. The Bertz CT molecular complexity index is 1390. The van der Waals surface area contributed by atoms with Crippen LogP contribution in [0.25, 0.3) is 28.1 Å². The molecule has 30 heavy (non-hydrogen) atoms. The molecule has 0 bridgehead atoms. The van der Waals surface area contributed by atoms with Crippen molar-refractivity contribution in [3.05, 3.63) is 45.2 Å². The number of imidazole rings is 1. The SMILES string of the molecule is CC(C)n1c(=O)c2c(-c3nc(C4CCCO4)no3)ncn2c2ccc(Cl)c(C#N)c21. The van der Waals surface area contributed by atoms with E-state index >= 15 is 0 Å². The zero-order valence-electron chi connectivity index (χ0n) is 16.3. The van der Waals surface area contributed by atoms with Gasteiger partial charge in [-0.3, -0.25) is 9.20 Å². The van der Waals surface area contributed by atoms with Crippen LogP contribution in [0.2, 0.25) is 5.02 Å². The molecular weight excluding hydrogens is 408 g/mol. The Morgan fingerprint density at radius 2 is 2.17 bits per heavy atom. The van der Waals surface area contributed by atoms with Gasteiger partial charge in [0, 0.05) is 12.6 Å². The Morgan fingerprint density at radius 3 is 2.87 bits per heavy atom. The van der Waals surface area contributed by atoms with Gasteiger partial charge in [-0.25, -0.2) is 4.98 Å². The molecule has 1 aliphatic rings. The van der Waals surface area contributed by atoms with Gasteiger partial charge in [0.1, 0.15) is 24.0 Å². The fourth-order valence-electron chi connectivity index (χ4n) is 3.94. The second-order valence-electron chi connectivity index (χ2n) is 7.44. The number of hydrogen-bond acceptors (Lipinski definition) is 7. The van der Waals surface area contributed by atoms with Crippen molar-refractivity contribution in [2.75, 3.05) is 6.61 Å². The zero-order valence-corrected chi connectivity index (χ0v) is 17.0. The summed E-state index contributed by atoms with van der Waals surface area (Å²) in [5.74, 6) is 0.608. The molecule has 1 aliphatic heterocycles. The van der Waals surface area contributed by atoms with Crippen LogP contribution in [0.1, 0.15) is 50.2 Å². The summed E-state index contributed by atoms with van der Waals surface area (Å²) in [7, 11) is 0. The lowest BCUT2D eigenvalue weighted by Gasteiger charge is -2.17. The van der Waals surface area contributed by atoms with E-state index in [0.29, 0.717) is 34.7 Å². The Hall–Kier alpha value is -3.22. The van der Waals surface area contributed by atoms with Gasteiger partial charge >= 0.3 is 0 Å². The van der Waals surface area contributed by atoms with E-state index in [9.17, 15) is 10.1 Å². The summed E-state index contributed by atoms with van der Waals surface area (Å²) in [4.78, 5) is 22.3. The lowest BCUT2D eigenvalue weighted by Crippen LogP contribution is -2.25. The number of rotatable bonds is 3. The summed E-state index contributed by atoms with van der Waals surface area (Å²) >= 11 is 6.24. The second-order valence-corrected chi connectivity index (χ2v) is 7.85. The van der Waals surface area contributed by atoms with Crippen LogP contribution in [-0.4, -0.2) is 30.7 Å².